The van der Waals surface area contributed by atoms with E-state index in [4.69, 9.17) is 9.47 Å². The minimum Gasteiger partial charge on any atom is -0.481 e. The molecule has 2 heterocycles. The van der Waals surface area contributed by atoms with E-state index in [1.807, 2.05) is 0 Å². The van der Waals surface area contributed by atoms with Gasteiger partial charge in [0.2, 0.25) is 5.88 Å². The fraction of sp³-hybridized carbons (Fsp3) is 0.316. The molecule has 0 bridgehead atoms. The minimum absolute atomic E-state index is 0.00991. The summed E-state index contributed by atoms with van der Waals surface area (Å²) in [6, 6.07) is 5.09. The molecule has 3 rings (SSSR count). The molecule has 1 aromatic heterocycles. The van der Waals surface area contributed by atoms with Crippen LogP contribution in [0.5, 0.6) is 17.4 Å². The van der Waals surface area contributed by atoms with Gasteiger partial charge >= 0.3 is 12.4 Å². The van der Waals surface area contributed by atoms with Crippen LogP contribution in [0, 0.1) is 0 Å². The first-order chi connectivity index (χ1) is 14.0. The summed E-state index contributed by atoms with van der Waals surface area (Å²) in [5, 5.41) is 4.99. The molecule has 1 aliphatic heterocycles. The number of benzene rings is 1. The number of pyridine rings is 1. The second-order valence-corrected chi connectivity index (χ2v) is 7.18. The highest BCUT2D eigenvalue weighted by Gasteiger charge is 2.43. The van der Waals surface area contributed by atoms with Gasteiger partial charge in [0.1, 0.15) is 5.60 Å². The van der Waals surface area contributed by atoms with Crippen molar-refractivity contribution >= 4 is 23.4 Å². The molecule has 0 unspecified atom stereocenters. The first kappa shape index (κ1) is 21.1. The van der Waals surface area contributed by atoms with Crippen LogP contribution in [0.3, 0.4) is 0 Å². The van der Waals surface area contributed by atoms with Crippen molar-refractivity contribution in [2.45, 2.75) is 32.7 Å². The third-order valence-electron chi connectivity index (χ3n) is 3.63. The number of halogens is 2. The topological polar surface area (TPSA) is 108 Å². The average molecular weight is 423 g/mol. The predicted molar refractivity (Wildman–Crippen MR) is 101 cm³/mol. The number of hydrogen-bond donors (Lipinski definition) is 2. The molecular weight excluding hydrogens is 404 g/mol. The maximum Gasteiger partial charge on any atom is 0.586 e. The molecule has 2 aromatic rings. The van der Waals surface area contributed by atoms with Crippen molar-refractivity contribution in [2.24, 2.45) is 0 Å². The number of fused-ring (bicyclic) bond motifs is 1. The van der Waals surface area contributed by atoms with Gasteiger partial charge in [-0.2, -0.15) is 0 Å². The Balaban J connectivity index is 1.82. The van der Waals surface area contributed by atoms with Crippen LogP contribution in [0.15, 0.2) is 30.5 Å². The van der Waals surface area contributed by atoms with Gasteiger partial charge in [0.25, 0.3) is 5.91 Å². The van der Waals surface area contributed by atoms with Gasteiger partial charge in [0.05, 0.1) is 24.6 Å². The summed E-state index contributed by atoms with van der Waals surface area (Å²) < 4.78 is 45.2. The second kappa shape index (κ2) is 7.65. The highest BCUT2D eigenvalue weighted by Crippen LogP contribution is 2.42. The number of aromatic nitrogens is 1. The van der Waals surface area contributed by atoms with Crippen LogP contribution in [0.1, 0.15) is 31.1 Å². The van der Waals surface area contributed by atoms with Crippen LogP contribution in [-0.4, -0.2) is 36.0 Å². The summed E-state index contributed by atoms with van der Waals surface area (Å²) in [7, 11) is 1.36. The van der Waals surface area contributed by atoms with Gasteiger partial charge in [0, 0.05) is 17.8 Å². The van der Waals surface area contributed by atoms with E-state index < -0.39 is 23.9 Å². The molecule has 11 heteroatoms. The lowest BCUT2D eigenvalue weighted by Gasteiger charge is -2.20. The quantitative estimate of drug-likeness (QED) is 0.765. The van der Waals surface area contributed by atoms with Crippen molar-refractivity contribution in [2.75, 3.05) is 17.7 Å². The zero-order chi connectivity index (χ0) is 22.1. The van der Waals surface area contributed by atoms with E-state index in [0.29, 0.717) is 0 Å². The van der Waals surface area contributed by atoms with Crippen LogP contribution < -0.4 is 24.8 Å². The van der Waals surface area contributed by atoms with Gasteiger partial charge < -0.3 is 24.3 Å². The van der Waals surface area contributed by atoms with E-state index in [2.05, 4.69) is 25.1 Å². The predicted octanol–water partition coefficient (Wildman–Crippen LogP) is 4.01. The molecule has 9 nitrogen and oxygen atoms in total. The largest absolute Gasteiger partial charge is 0.586 e. The maximum absolute atomic E-state index is 13.2. The zero-order valence-corrected chi connectivity index (χ0v) is 16.5. The van der Waals surface area contributed by atoms with Crippen LogP contribution in [0.25, 0.3) is 0 Å². The third-order valence-corrected chi connectivity index (χ3v) is 3.63. The molecule has 0 saturated carbocycles. The number of hydrogen-bond acceptors (Lipinski definition) is 7. The molecule has 160 valence electrons. The fourth-order valence-corrected chi connectivity index (χ4v) is 2.47. The number of rotatable bonds is 4. The number of nitrogens with zero attached hydrogens (tertiary/aromatic N) is 1. The normalized spacial score (nSPS) is 14.1. The first-order valence-corrected chi connectivity index (χ1v) is 8.71. The Morgan fingerprint density at radius 1 is 1.10 bits per heavy atom. The summed E-state index contributed by atoms with van der Waals surface area (Å²) in [6.07, 6.45) is -3.32. The first-order valence-electron chi connectivity index (χ1n) is 8.71. The number of nitrogens with one attached hydrogen (secondary N) is 2. The molecule has 0 saturated heterocycles. The Morgan fingerprint density at radius 3 is 2.47 bits per heavy atom. The third kappa shape index (κ3) is 5.04. The molecule has 1 aromatic carbocycles. The Hall–Kier alpha value is -3.63. The molecule has 0 radical (unpaired) electrons. The molecule has 0 atom stereocenters. The average Bonchev–Trinajstić information content (AvgIpc) is 2.93. The molecule has 2 amide bonds. The summed E-state index contributed by atoms with van der Waals surface area (Å²) in [5.41, 5.74) is -0.509. The molecule has 2 N–H and O–H groups in total. The zero-order valence-electron chi connectivity index (χ0n) is 16.5. The van der Waals surface area contributed by atoms with Gasteiger partial charge in [-0.05, 0) is 32.9 Å². The lowest BCUT2D eigenvalue weighted by Crippen LogP contribution is -2.28. The van der Waals surface area contributed by atoms with Crippen molar-refractivity contribution < 1.29 is 37.3 Å². The van der Waals surface area contributed by atoms with Crippen LogP contribution >= 0.6 is 0 Å². The molecule has 0 fully saturated rings. The number of ether oxygens (including phenoxy) is 4. The number of amides is 2. The van der Waals surface area contributed by atoms with Crippen molar-refractivity contribution in [3.63, 3.8) is 0 Å². The highest BCUT2D eigenvalue weighted by atomic mass is 19.3. The number of carbonyl (C=O) groups excluding carboxylic acids is 2. The van der Waals surface area contributed by atoms with Crippen LogP contribution in [-0.2, 0) is 4.74 Å². The summed E-state index contributed by atoms with van der Waals surface area (Å²) in [4.78, 5) is 28.8. The lowest BCUT2D eigenvalue weighted by atomic mass is 10.2. The molecule has 0 aliphatic carbocycles. The fourth-order valence-electron chi connectivity index (χ4n) is 2.47. The smallest absolute Gasteiger partial charge is 0.481 e. The second-order valence-electron chi connectivity index (χ2n) is 7.18. The maximum atomic E-state index is 13.2. The Kier molecular flexibility index (Phi) is 5.38. The highest BCUT2D eigenvalue weighted by molar-refractivity contribution is 6.09. The number of methoxy groups -OCH3 is 1. The minimum atomic E-state index is -3.77. The molecular formula is C19H19F2N3O6. The van der Waals surface area contributed by atoms with Crippen molar-refractivity contribution in [3.05, 3.63) is 36.0 Å². The van der Waals surface area contributed by atoms with Crippen molar-refractivity contribution in [1.29, 1.82) is 0 Å². The van der Waals surface area contributed by atoms with Gasteiger partial charge in [0.15, 0.2) is 11.5 Å². The summed E-state index contributed by atoms with van der Waals surface area (Å²) >= 11 is 0. The van der Waals surface area contributed by atoms with Crippen LogP contribution in [0.2, 0.25) is 0 Å². The van der Waals surface area contributed by atoms with Gasteiger partial charge in [-0.3, -0.25) is 10.1 Å². The van der Waals surface area contributed by atoms with Gasteiger partial charge in [-0.1, -0.05) is 0 Å². The number of alkyl halides is 2. The summed E-state index contributed by atoms with van der Waals surface area (Å²) in [6.45, 7) is 5.07. The van der Waals surface area contributed by atoms with Crippen molar-refractivity contribution in [3.8, 4) is 17.4 Å². The van der Waals surface area contributed by atoms with E-state index in [0.717, 1.165) is 0 Å². The van der Waals surface area contributed by atoms with Gasteiger partial charge in [-0.15, -0.1) is 8.78 Å². The Bertz CT molecular complexity index is 991. The number of anilines is 2. The monoisotopic (exact) mass is 423 g/mol. The van der Waals surface area contributed by atoms with E-state index in [1.54, 1.807) is 20.8 Å². The number of carbonyl (C=O) groups is 2. The molecule has 30 heavy (non-hydrogen) atoms. The Labute approximate surface area is 170 Å². The molecule has 0 spiro atoms. The lowest BCUT2D eigenvalue weighted by molar-refractivity contribution is -0.286. The van der Waals surface area contributed by atoms with E-state index in [9.17, 15) is 18.4 Å². The van der Waals surface area contributed by atoms with E-state index >= 15 is 0 Å². The van der Waals surface area contributed by atoms with Crippen LogP contribution in [0.4, 0.5) is 25.0 Å². The van der Waals surface area contributed by atoms with E-state index in [-0.39, 0.29) is 34.3 Å². The van der Waals surface area contributed by atoms with E-state index in [1.165, 1.54) is 37.6 Å². The molecule has 1 aliphatic rings. The SMILES string of the molecule is COc1cc(C(=O)Nc2ccc3c(c2)OC(F)(F)O3)c(NC(=O)OC(C)(C)C)cn1. The standard InChI is InChI=1S/C19H19F2N3O6/c1-18(2,3)30-17(26)24-12-9-22-15(27-4)8-11(12)16(25)23-10-5-6-13-14(7-10)29-19(20,21)28-13/h5-9H,1-4H3,(H,23,25)(H,24,26). The summed E-state index contributed by atoms with van der Waals surface area (Å²) in [5.74, 6) is -0.916. The van der Waals surface area contributed by atoms with Gasteiger partial charge in [-0.25, -0.2) is 9.78 Å². The Morgan fingerprint density at radius 2 is 1.80 bits per heavy atom. The van der Waals surface area contributed by atoms with Crippen molar-refractivity contribution in [1.82, 2.24) is 4.98 Å².